The lowest BCUT2D eigenvalue weighted by atomic mass is 10.1. The van der Waals surface area contributed by atoms with E-state index in [0.29, 0.717) is 17.3 Å². The molecule has 1 aromatic carbocycles. The van der Waals surface area contributed by atoms with Crippen LogP contribution < -0.4 is 5.32 Å². The lowest BCUT2D eigenvalue weighted by Crippen LogP contribution is -2.24. The summed E-state index contributed by atoms with van der Waals surface area (Å²) in [5.74, 6) is -0.0937. The molecular weight excluding hydrogens is 248 g/mol. The van der Waals surface area contributed by atoms with Crippen LogP contribution in [0.1, 0.15) is 30.1 Å². The predicted molar refractivity (Wildman–Crippen MR) is 74.0 cm³/mol. The first-order valence-corrected chi connectivity index (χ1v) is 6.43. The molecular formula is C14H15ClN2O. The van der Waals surface area contributed by atoms with E-state index < -0.39 is 0 Å². The number of hydrogen-bond acceptors (Lipinski definition) is 2. The van der Waals surface area contributed by atoms with Gasteiger partial charge < -0.3 is 5.32 Å². The first-order chi connectivity index (χ1) is 8.74. The van der Waals surface area contributed by atoms with E-state index in [0.717, 1.165) is 23.6 Å². The molecule has 94 valence electrons. The van der Waals surface area contributed by atoms with Crippen LogP contribution in [0.4, 0.5) is 0 Å². The molecule has 0 aliphatic heterocycles. The van der Waals surface area contributed by atoms with Crippen molar-refractivity contribution in [2.24, 2.45) is 0 Å². The second-order valence-corrected chi connectivity index (χ2v) is 4.48. The molecule has 0 aliphatic rings. The van der Waals surface area contributed by atoms with Gasteiger partial charge in [-0.3, -0.25) is 4.79 Å². The molecule has 4 heteroatoms. The number of nitrogens with zero attached hydrogens (tertiary/aromatic N) is 1. The molecule has 1 aromatic heterocycles. The highest BCUT2D eigenvalue weighted by Crippen LogP contribution is 2.23. The summed E-state index contributed by atoms with van der Waals surface area (Å²) in [6.45, 7) is 2.78. The quantitative estimate of drug-likeness (QED) is 0.678. The molecule has 0 radical (unpaired) electrons. The van der Waals surface area contributed by atoms with Gasteiger partial charge in [0.15, 0.2) is 0 Å². The van der Waals surface area contributed by atoms with E-state index in [2.05, 4.69) is 17.2 Å². The zero-order valence-electron chi connectivity index (χ0n) is 10.2. The van der Waals surface area contributed by atoms with E-state index in [1.807, 2.05) is 24.3 Å². The molecule has 0 unspecified atom stereocenters. The summed E-state index contributed by atoms with van der Waals surface area (Å²) in [5.41, 5.74) is 0.575. The minimum absolute atomic E-state index is 0.0937. The number of benzene rings is 1. The van der Waals surface area contributed by atoms with Gasteiger partial charge in [0.25, 0.3) is 5.91 Å². The molecule has 3 nitrogen and oxygen atoms in total. The molecule has 0 fully saturated rings. The SMILES string of the molecule is CCCCNC(=O)c1cnc(Cl)c2ccccc12. The molecule has 0 atom stereocenters. The van der Waals surface area contributed by atoms with Gasteiger partial charge in [-0.25, -0.2) is 4.98 Å². The number of carbonyl (C=O) groups excluding carboxylic acids is 1. The highest BCUT2D eigenvalue weighted by molar-refractivity contribution is 6.34. The first-order valence-electron chi connectivity index (χ1n) is 6.05. The molecule has 1 N–H and O–H groups in total. The third-order valence-corrected chi connectivity index (χ3v) is 3.11. The summed E-state index contributed by atoms with van der Waals surface area (Å²) >= 11 is 6.02. The second kappa shape index (κ2) is 5.83. The maximum atomic E-state index is 12.1. The Morgan fingerprint density at radius 2 is 2.06 bits per heavy atom. The van der Waals surface area contributed by atoms with Gasteiger partial charge in [-0.15, -0.1) is 0 Å². The number of rotatable bonds is 4. The van der Waals surface area contributed by atoms with Crippen LogP contribution in [0.15, 0.2) is 30.5 Å². The number of carbonyl (C=O) groups is 1. The van der Waals surface area contributed by atoms with Gasteiger partial charge in [0.05, 0.1) is 5.56 Å². The lowest BCUT2D eigenvalue weighted by Gasteiger charge is -2.08. The number of unbranched alkanes of at least 4 members (excludes halogenated alkanes) is 1. The standard InChI is InChI=1S/C14H15ClN2O/c1-2-3-8-16-14(18)12-9-17-13(15)11-7-5-4-6-10(11)12/h4-7,9H,2-3,8H2,1H3,(H,16,18). The number of nitrogens with one attached hydrogen (secondary N) is 1. The predicted octanol–water partition coefficient (Wildman–Crippen LogP) is 3.42. The van der Waals surface area contributed by atoms with Crippen LogP contribution in [0, 0.1) is 0 Å². The average Bonchev–Trinajstić information content (AvgIpc) is 2.39. The van der Waals surface area contributed by atoms with Crippen molar-refractivity contribution in [3.05, 3.63) is 41.2 Å². The Kier molecular flexibility index (Phi) is 4.15. The van der Waals surface area contributed by atoms with Crippen molar-refractivity contribution in [1.29, 1.82) is 0 Å². The van der Waals surface area contributed by atoms with Gasteiger partial charge in [-0.1, -0.05) is 49.2 Å². The summed E-state index contributed by atoms with van der Waals surface area (Å²) in [4.78, 5) is 16.1. The number of amides is 1. The molecule has 0 saturated carbocycles. The molecule has 1 heterocycles. The molecule has 0 bridgehead atoms. The van der Waals surface area contributed by atoms with Gasteiger partial charge in [0.2, 0.25) is 0 Å². The van der Waals surface area contributed by atoms with Crippen molar-refractivity contribution in [2.75, 3.05) is 6.54 Å². The van der Waals surface area contributed by atoms with Crippen molar-refractivity contribution < 1.29 is 4.79 Å². The van der Waals surface area contributed by atoms with Crippen LogP contribution in [-0.2, 0) is 0 Å². The van der Waals surface area contributed by atoms with Crippen molar-refractivity contribution in [2.45, 2.75) is 19.8 Å². The van der Waals surface area contributed by atoms with E-state index in [1.54, 1.807) is 0 Å². The Hall–Kier alpha value is -1.61. The molecule has 18 heavy (non-hydrogen) atoms. The monoisotopic (exact) mass is 262 g/mol. The topological polar surface area (TPSA) is 42.0 Å². The van der Waals surface area contributed by atoms with E-state index in [4.69, 9.17) is 11.6 Å². The van der Waals surface area contributed by atoms with E-state index in [1.165, 1.54) is 6.20 Å². The number of fused-ring (bicyclic) bond motifs is 1. The minimum atomic E-state index is -0.0937. The minimum Gasteiger partial charge on any atom is -0.352 e. The van der Waals surface area contributed by atoms with Crippen molar-refractivity contribution in [1.82, 2.24) is 10.3 Å². The maximum Gasteiger partial charge on any atom is 0.253 e. The number of pyridine rings is 1. The third kappa shape index (κ3) is 2.62. The Bertz CT molecular complexity index is 569. The zero-order valence-corrected chi connectivity index (χ0v) is 11.0. The fraction of sp³-hybridized carbons (Fsp3) is 0.286. The van der Waals surface area contributed by atoms with E-state index >= 15 is 0 Å². The number of hydrogen-bond donors (Lipinski definition) is 1. The number of halogens is 1. The molecule has 2 aromatic rings. The number of aromatic nitrogens is 1. The Balaban J connectivity index is 2.33. The Morgan fingerprint density at radius 1 is 1.33 bits per heavy atom. The third-order valence-electron chi connectivity index (χ3n) is 2.81. The van der Waals surface area contributed by atoms with Gasteiger partial charge in [-0.2, -0.15) is 0 Å². The van der Waals surface area contributed by atoms with Crippen LogP contribution >= 0.6 is 11.6 Å². The van der Waals surface area contributed by atoms with Crippen LogP contribution in [0.3, 0.4) is 0 Å². The smallest absolute Gasteiger partial charge is 0.253 e. The summed E-state index contributed by atoms with van der Waals surface area (Å²) in [5, 5.41) is 4.96. The fourth-order valence-corrected chi connectivity index (χ4v) is 2.03. The van der Waals surface area contributed by atoms with Crippen LogP contribution in [0.25, 0.3) is 10.8 Å². The zero-order chi connectivity index (χ0) is 13.0. The van der Waals surface area contributed by atoms with E-state index in [9.17, 15) is 4.79 Å². The van der Waals surface area contributed by atoms with Gasteiger partial charge in [0.1, 0.15) is 5.15 Å². The van der Waals surface area contributed by atoms with Crippen molar-refractivity contribution in [3.63, 3.8) is 0 Å². The van der Waals surface area contributed by atoms with Crippen LogP contribution in [0.2, 0.25) is 5.15 Å². The average molecular weight is 263 g/mol. The summed E-state index contributed by atoms with van der Waals surface area (Å²) in [7, 11) is 0. The summed E-state index contributed by atoms with van der Waals surface area (Å²) in [6.07, 6.45) is 3.57. The summed E-state index contributed by atoms with van der Waals surface area (Å²) < 4.78 is 0. The normalized spacial score (nSPS) is 10.6. The van der Waals surface area contributed by atoms with Crippen LogP contribution in [0.5, 0.6) is 0 Å². The molecule has 0 spiro atoms. The van der Waals surface area contributed by atoms with Crippen molar-refractivity contribution >= 4 is 28.3 Å². The highest BCUT2D eigenvalue weighted by Gasteiger charge is 2.11. The largest absolute Gasteiger partial charge is 0.352 e. The molecule has 0 saturated heterocycles. The molecule has 1 amide bonds. The van der Waals surface area contributed by atoms with Crippen LogP contribution in [-0.4, -0.2) is 17.4 Å². The maximum absolute atomic E-state index is 12.1. The van der Waals surface area contributed by atoms with Gasteiger partial charge in [-0.05, 0) is 11.8 Å². The van der Waals surface area contributed by atoms with Gasteiger partial charge >= 0.3 is 0 Å². The Morgan fingerprint density at radius 3 is 2.78 bits per heavy atom. The second-order valence-electron chi connectivity index (χ2n) is 4.12. The Labute approximate surface area is 111 Å². The fourth-order valence-electron chi connectivity index (χ4n) is 1.81. The first kappa shape index (κ1) is 12.8. The lowest BCUT2D eigenvalue weighted by molar-refractivity contribution is 0.0954. The molecule has 2 rings (SSSR count). The molecule has 0 aliphatic carbocycles. The van der Waals surface area contributed by atoms with E-state index in [-0.39, 0.29) is 5.91 Å². The highest BCUT2D eigenvalue weighted by atomic mass is 35.5. The van der Waals surface area contributed by atoms with Crippen molar-refractivity contribution in [3.8, 4) is 0 Å². The van der Waals surface area contributed by atoms with Gasteiger partial charge in [0, 0.05) is 18.1 Å². The summed E-state index contributed by atoms with van der Waals surface area (Å²) in [6, 6.07) is 7.53.